The molecule has 6 nitrogen and oxygen atoms in total. The van der Waals surface area contributed by atoms with E-state index < -0.39 is 0 Å². The van der Waals surface area contributed by atoms with Crippen LogP contribution in [0.25, 0.3) is 5.82 Å². The molecule has 2 heterocycles. The molecule has 96 valence electrons. The number of aromatic nitrogens is 4. The number of nitrogen functional groups attached to an aromatic ring is 1. The number of nitrogens with one attached hydrogen (secondary N) is 1. The first-order chi connectivity index (χ1) is 8.34. The van der Waals surface area contributed by atoms with Crippen LogP contribution in [0.15, 0.2) is 0 Å². The van der Waals surface area contributed by atoms with Gasteiger partial charge in [-0.3, -0.25) is 10.1 Å². The Morgan fingerprint density at radius 3 is 2.17 bits per heavy atom. The quantitative estimate of drug-likeness (QED) is 0.615. The Labute approximate surface area is 106 Å². The first-order valence-electron chi connectivity index (χ1n) is 5.75. The zero-order chi connectivity index (χ0) is 13.6. The van der Waals surface area contributed by atoms with Gasteiger partial charge in [0.2, 0.25) is 0 Å². The van der Waals surface area contributed by atoms with Crippen molar-refractivity contribution in [2.45, 2.75) is 27.7 Å². The summed E-state index contributed by atoms with van der Waals surface area (Å²) in [6.07, 6.45) is 0. The third kappa shape index (κ3) is 1.61. The fourth-order valence-electron chi connectivity index (χ4n) is 2.13. The van der Waals surface area contributed by atoms with E-state index >= 15 is 0 Å². The van der Waals surface area contributed by atoms with E-state index in [9.17, 15) is 0 Å². The first-order valence-corrected chi connectivity index (χ1v) is 5.75. The van der Waals surface area contributed by atoms with Crippen molar-refractivity contribution < 1.29 is 0 Å². The summed E-state index contributed by atoms with van der Waals surface area (Å²) in [7, 11) is 1.83. The SMILES string of the molecule is Cc1nn(-c2c(C(=N)N)c(C)nn2C)c(C)c1C. The largest absolute Gasteiger partial charge is 0.384 e. The van der Waals surface area contributed by atoms with Gasteiger partial charge in [0.15, 0.2) is 5.82 Å². The highest BCUT2D eigenvalue weighted by Gasteiger charge is 2.20. The second kappa shape index (κ2) is 3.97. The molecule has 0 unspecified atom stereocenters. The molecule has 0 radical (unpaired) electrons. The minimum atomic E-state index is 0.0146. The van der Waals surface area contributed by atoms with Crippen molar-refractivity contribution in [3.05, 3.63) is 28.2 Å². The fraction of sp³-hybridized carbons (Fsp3) is 0.417. The summed E-state index contributed by atoms with van der Waals surface area (Å²) in [5.41, 5.74) is 10.2. The average molecular weight is 246 g/mol. The van der Waals surface area contributed by atoms with Gasteiger partial charge in [-0.05, 0) is 33.3 Å². The normalized spacial score (nSPS) is 10.9. The minimum absolute atomic E-state index is 0.0146. The molecule has 0 saturated heterocycles. The molecule has 0 bridgehead atoms. The number of aryl methyl sites for hydroxylation is 3. The van der Waals surface area contributed by atoms with Gasteiger partial charge in [-0.25, -0.2) is 4.68 Å². The third-order valence-electron chi connectivity index (χ3n) is 3.32. The lowest BCUT2D eigenvalue weighted by molar-refractivity contribution is 0.682. The standard InChI is InChI=1S/C12H18N6/c1-6-7(2)16-18(9(6)4)12-10(11(13)14)8(3)15-17(12)5/h1-5H3,(H3,13,14). The number of hydrogen-bond acceptors (Lipinski definition) is 3. The van der Waals surface area contributed by atoms with Crippen LogP contribution >= 0.6 is 0 Å². The van der Waals surface area contributed by atoms with Gasteiger partial charge in [-0.15, -0.1) is 0 Å². The highest BCUT2D eigenvalue weighted by molar-refractivity contribution is 5.99. The van der Waals surface area contributed by atoms with Crippen LogP contribution in [0.5, 0.6) is 0 Å². The van der Waals surface area contributed by atoms with E-state index in [0.29, 0.717) is 5.56 Å². The average Bonchev–Trinajstić information content (AvgIpc) is 2.70. The van der Waals surface area contributed by atoms with Gasteiger partial charge in [0.05, 0.1) is 17.0 Å². The number of rotatable bonds is 2. The van der Waals surface area contributed by atoms with Crippen LogP contribution in [0.2, 0.25) is 0 Å². The molecule has 3 N–H and O–H groups in total. The van der Waals surface area contributed by atoms with E-state index in [1.807, 2.05) is 34.7 Å². The lowest BCUT2D eigenvalue weighted by Crippen LogP contribution is -2.17. The predicted octanol–water partition coefficient (Wildman–Crippen LogP) is 1.12. The lowest BCUT2D eigenvalue weighted by atomic mass is 10.2. The molecule has 6 heteroatoms. The van der Waals surface area contributed by atoms with Gasteiger partial charge in [0, 0.05) is 12.7 Å². The van der Waals surface area contributed by atoms with Crippen molar-refractivity contribution in [2.24, 2.45) is 12.8 Å². The van der Waals surface area contributed by atoms with Gasteiger partial charge in [0.25, 0.3) is 0 Å². The molecule has 0 saturated carbocycles. The Morgan fingerprint density at radius 1 is 1.11 bits per heavy atom. The molecule has 0 aliphatic carbocycles. The van der Waals surface area contributed by atoms with Crippen LogP contribution in [0, 0.1) is 33.1 Å². The molecule has 18 heavy (non-hydrogen) atoms. The second-order valence-electron chi connectivity index (χ2n) is 4.53. The van der Waals surface area contributed by atoms with Crippen LogP contribution < -0.4 is 5.73 Å². The Balaban J connectivity index is 2.78. The van der Waals surface area contributed by atoms with Gasteiger partial charge >= 0.3 is 0 Å². The van der Waals surface area contributed by atoms with Crippen LogP contribution in [0.4, 0.5) is 0 Å². The van der Waals surface area contributed by atoms with Crippen LogP contribution in [-0.4, -0.2) is 25.4 Å². The van der Waals surface area contributed by atoms with Crippen molar-refractivity contribution in [3.8, 4) is 5.82 Å². The maximum atomic E-state index is 7.69. The van der Waals surface area contributed by atoms with Crippen LogP contribution in [-0.2, 0) is 7.05 Å². The second-order valence-corrected chi connectivity index (χ2v) is 4.53. The fourth-order valence-corrected chi connectivity index (χ4v) is 2.13. The van der Waals surface area contributed by atoms with Gasteiger partial charge in [0.1, 0.15) is 5.84 Å². The Bertz CT molecular complexity index is 632. The smallest absolute Gasteiger partial charge is 0.163 e. The van der Waals surface area contributed by atoms with Crippen molar-refractivity contribution >= 4 is 5.84 Å². The van der Waals surface area contributed by atoms with Crippen molar-refractivity contribution in [1.82, 2.24) is 19.6 Å². The van der Waals surface area contributed by atoms with Crippen LogP contribution in [0.3, 0.4) is 0 Å². The summed E-state index contributed by atoms with van der Waals surface area (Å²) in [6.45, 7) is 7.85. The summed E-state index contributed by atoms with van der Waals surface area (Å²) in [4.78, 5) is 0. The maximum absolute atomic E-state index is 7.69. The lowest BCUT2D eigenvalue weighted by Gasteiger charge is -2.07. The Morgan fingerprint density at radius 2 is 1.72 bits per heavy atom. The van der Waals surface area contributed by atoms with E-state index in [1.54, 1.807) is 9.36 Å². The van der Waals surface area contributed by atoms with E-state index in [0.717, 1.165) is 28.5 Å². The highest BCUT2D eigenvalue weighted by atomic mass is 15.4. The summed E-state index contributed by atoms with van der Waals surface area (Å²) >= 11 is 0. The van der Waals surface area contributed by atoms with Crippen LogP contribution in [0.1, 0.15) is 28.2 Å². The molecule has 0 amide bonds. The summed E-state index contributed by atoms with van der Waals surface area (Å²) < 4.78 is 3.52. The number of nitrogens with two attached hydrogens (primary N) is 1. The highest BCUT2D eigenvalue weighted by Crippen LogP contribution is 2.21. The maximum Gasteiger partial charge on any atom is 0.163 e. The summed E-state index contributed by atoms with van der Waals surface area (Å²) in [6, 6.07) is 0. The summed E-state index contributed by atoms with van der Waals surface area (Å²) in [5, 5.41) is 16.5. The molecule has 0 fully saturated rings. The molecule has 0 atom stereocenters. The van der Waals surface area contributed by atoms with Crippen molar-refractivity contribution in [3.63, 3.8) is 0 Å². The van der Waals surface area contributed by atoms with E-state index in [-0.39, 0.29) is 5.84 Å². The molecular weight excluding hydrogens is 228 g/mol. The molecular formula is C12H18N6. The molecule has 2 aromatic rings. The molecule has 0 aliphatic rings. The van der Waals surface area contributed by atoms with E-state index in [1.165, 1.54) is 0 Å². The van der Waals surface area contributed by atoms with Gasteiger partial charge in [-0.2, -0.15) is 10.2 Å². The zero-order valence-electron chi connectivity index (χ0n) is 11.4. The topological polar surface area (TPSA) is 85.5 Å². The Hall–Kier alpha value is -2.11. The van der Waals surface area contributed by atoms with Crippen molar-refractivity contribution in [1.29, 1.82) is 5.41 Å². The van der Waals surface area contributed by atoms with E-state index in [4.69, 9.17) is 11.1 Å². The molecule has 0 aliphatic heterocycles. The molecule has 2 aromatic heterocycles. The predicted molar refractivity (Wildman–Crippen MR) is 70.3 cm³/mol. The third-order valence-corrected chi connectivity index (χ3v) is 3.32. The number of hydrogen-bond donors (Lipinski definition) is 2. The van der Waals surface area contributed by atoms with Gasteiger partial charge in [-0.1, -0.05) is 0 Å². The molecule has 2 rings (SSSR count). The molecule has 0 aromatic carbocycles. The minimum Gasteiger partial charge on any atom is -0.384 e. The molecule has 0 spiro atoms. The number of amidine groups is 1. The summed E-state index contributed by atoms with van der Waals surface area (Å²) in [5.74, 6) is 0.759. The van der Waals surface area contributed by atoms with Crippen molar-refractivity contribution in [2.75, 3.05) is 0 Å². The number of nitrogens with zero attached hydrogens (tertiary/aromatic N) is 4. The monoisotopic (exact) mass is 246 g/mol. The first kappa shape index (κ1) is 12.3. The zero-order valence-corrected chi connectivity index (χ0v) is 11.4. The Kier molecular flexibility index (Phi) is 2.73. The van der Waals surface area contributed by atoms with Gasteiger partial charge < -0.3 is 5.73 Å². The van der Waals surface area contributed by atoms with E-state index in [2.05, 4.69) is 10.2 Å².